The molecule has 0 fully saturated rings. The van der Waals surface area contributed by atoms with Crippen molar-refractivity contribution in [1.82, 2.24) is 0 Å². The van der Waals surface area contributed by atoms with Gasteiger partial charge in [0.25, 0.3) is 0 Å². The fourth-order valence-corrected chi connectivity index (χ4v) is 2.98. The fourth-order valence-electron chi connectivity index (χ4n) is 2.98. The second-order valence-electron chi connectivity index (χ2n) is 5.73. The molecule has 7 heteroatoms. The third-order valence-electron chi connectivity index (χ3n) is 4.06. The van der Waals surface area contributed by atoms with Crippen molar-refractivity contribution < 1.29 is 23.1 Å². The molecule has 126 valence electrons. The molecule has 0 bridgehead atoms. The van der Waals surface area contributed by atoms with E-state index in [1.165, 1.54) is 18.2 Å². The number of nitrogens with two attached hydrogens (primary N) is 1. The normalized spacial score (nSPS) is 17.5. The van der Waals surface area contributed by atoms with E-state index in [-0.39, 0.29) is 11.6 Å². The van der Waals surface area contributed by atoms with Crippen molar-refractivity contribution in [2.24, 2.45) is 5.73 Å². The predicted octanol–water partition coefficient (Wildman–Crippen LogP) is 3.43. The third kappa shape index (κ3) is 2.94. The molecule has 0 saturated carbocycles. The van der Waals surface area contributed by atoms with Crippen LogP contribution in [-0.4, -0.2) is 23.7 Å². The summed E-state index contributed by atoms with van der Waals surface area (Å²) in [7, 11) is 0. The summed E-state index contributed by atoms with van der Waals surface area (Å²) in [4.78, 5) is 13.2. The van der Waals surface area contributed by atoms with Crippen LogP contribution in [0.4, 0.5) is 24.5 Å². The average molecular weight is 336 g/mol. The first-order valence-corrected chi connectivity index (χ1v) is 7.33. The van der Waals surface area contributed by atoms with Crippen molar-refractivity contribution in [2.45, 2.75) is 18.6 Å². The van der Waals surface area contributed by atoms with Crippen molar-refractivity contribution in [3.63, 3.8) is 0 Å². The lowest BCUT2D eigenvalue weighted by atomic mass is 9.93. The second-order valence-corrected chi connectivity index (χ2v) is 5.73. The molecule has 2 aromatic rings. The summed E-state index contributed by atoms with van der Waals surface area (Å²) >= 11 is 0. The Hall–Kier alpha value is -2.54. The first-order valence-electron chi connectivity index (χ1n) is 7.33. The zero-order valence-electron chi connectivity index (χ0n) is 12.5. The van der Waals surface area contributed by atoms with E-state index < -0.39 is 17.7 Å². The summed E-state index contributed by atoms with van der Waals surface area (Å²) in [6.45, 7) is 0.404. The van der Waals surface area contributed by atoms with Gasteiger partial charge >= 0.3 is 12.1 Å². The topological polar surface area (TPSA) is 66.6 Å². The molecule has 3 N–H and O–H groups in total. The molecule has 1 atom stereocenters. The number of aromatic carboxylic acids is 1. The summed E-state index contributed by atoms with van der Waals surface area (Å²) in [6.07, 6.45) is -3.99. The number of hydrogen-bond donors (Lipinski definition) is 2. The number of nitrogens with zero attached hydrogens (tertiary/aromatic N) is 1. The van der Waals surface area contributed by atoms with Gasteiger partial charge in [-0.25, -0.2) is 4.79 Å². The number of hydrogen-bond acceptors (Lipinski definition) is 3. The highest BCUT2D eigenvalue weighted by Crippen LogP contribution is 2.36. The first kappa shape index (κ1) is 16.3. The molecule has 1 heterocycles. The van der Waals surface area contributed by atoms with Crippen LogP contribution in [0.5, 0.6) is 0 Å². The number of halogens is 3. The van der Waals surface area contributed by atoms with Crippen LogP contribution in [0.15, 0.2) is 42.5 Å². The van der Waals surface area contributed by atoms with Crippen LogP contribution in [-0.2, 0) is 12.6 Å². The molecule has 1 unspecified atom stereocenters. The lowest BCUT2D eigenvalue weighted by Crippen LogP contribution is -2.41. The van der Waals surface area contributed by atoms with Crippen LogP contribution >= 0.6 is 0 Å². The molecule has 1 aliphatic heterocycles. The highest BCUT2D eigenvalue weighted by molar-refractivity contribution is 5.92. The Morgan fingerprint density at radius 2 is 1.83 bits per heavy atom. The monoisotopic (exact) mass is 336 g/mol. The van der Waals surface area contributed by atoms with E-state index in [1.807, 2.05) is 0 Å². The van der Waals surface area contributed by atoms with Crippen molar-refractivity contribution >= 4 is 17.3 Å². The molecule has 3 rings (SSSR count). The Balaban J connectivity index is 2.04. The Labute approximate surface area is 136 Å². The Morgan fingerprint density at radius 1 is 1.17 bits per heavy atom. The van der Waals surface area contributed by atoms with Gasteiger partial charge in [-0.1, -0.05) is 6.07 Å². The molecule has 24 heavy (non-hydrogen) atoms. The van der Waals surface area contributed by atoms with E-state index in [9.17, 15) is 23.1 Å². The fraction of sp³-hybridized carbons (Fsp3) is 0.235. The van der Waals surface area contributed by atoms with Gasteiger partial charge in [-0.05, 0) is 48.4 Å². The van der Waals surface area contributed by atoms with Gasteiger partial charge in [0.1, 0.15) is 0 Å². The van der Waals surface area contributed by atoms with Crippen LogP contribution in [0, 0.1) is 0 Å². The highest BCUT2D eigenvalue weighted by atomic mass is 19.4. The molecule has 0 radical (unpaired) electrons. The molecule has 0 amide bonds. The predicted molar refractivity (Wildman–Crippen MR) is 83.5 cm³/mol. The number of carboxylic acids is 1. The Morgan fingerprint density at radius 3 is 2.42 bits per heavy atom. The average Bonchev–Trinajstić information content (AvgIpc) is 2.52. The van der Waals surface area contributed by atoms with Crippen LogP contribution < -0.4 is 10.6 Å². The molecule has 0 aliphatic carbocycles. The molecule has 1 aliphatic rings. The van der Waals surface area contributed by atoms with Gasteiger partial charge in [0.05, 0.1) is 11.1 Å². The van der Waals surface area contributed by atoms with Gasteiger partial charge in [0.15, 0.2) is 0 Å². The maximum atomic E-state index is 12.7. The largest absolute Gasteiger partial charge is 0.478 e. The summed E-state index contributed by atoms with van der Waals surface area (Å²) in [6, 6.07) is 9.34. The van der Waals surface area contributed by atoms with Crippen LogP contribution in [0.1, 0.15) is 21.5 Å². The lowest BCUT2D eigenvalue weighted by molar-refractivity contribution is -0.137. The van der Waals surface area contributed by atoms with Crippen LogP contribution in [0.25, 0.3) is 0 Å². The number of carbonyl (C=O) groups is 1. The minimum atomic E-state index is -4.40. The number of benzene rings is 2. The van der Waals surface area contributed by atoms with Gasteiger partial charge in [-0.15, -0.1) is 0 Å². The molecule has 0 saturated heterocycles. The van der Waals surface area contributed by atoms with Crippen LogP contribution in [0.2, 0.25) is 0 Å². The number of alkyl halides is 3. The van der Waals surface area contributed by atoms with Crippen LogP contribution in [0.3, 0.4) is 0 Å². The van der Waals surface area contributed by atoms with Gasteiger partial charge < -0.3 is 15.7 Å². The smallest absolute Gasteiger partial charge is 0.416 e. The number of anilines is 2. The second kappa shape index (κ2) is 5.83. The summed E-state index contributed by atoms with van der Waals surface area (Å²) < 4.78 is 38.1. The quantitative estimate of drug-likeness (QED) is 0.882. The summed E-state index contributed by atoms with van der Waals surface area (Å²) in [5.41, 5.74) is 7.27. The maximum absolute atomic E-state index is 12.7. The van der Waals surface area contributed by atoms with E-state index in [0.29, 0.717) is 29.9 Å². The molecular weight excluding hydrogens is 321 g/mol. The highest BCUT2D eigenvalue weighted by Gasteiger charge is 2.31. The van der Waals surface area contributed by atoms with E-state index in [4.69, 9.17) is 5.73 Å². The molecular formula is C17H15F3N2O2. The molecule has 4 nitrogen and oxygen atoms in total. The zero-order chi connectivity index (χ0) is 17.5. The molecule has 0 aromatic heterocycles. The van der Waals surface area contributed by atoms with E-state index >= 15 is 0 Å². The van der Waals surface area contributed by atoms with Gasteiger partial charge in [0, 0.05) is 24.0 Å². The number of fused-ring (bicyclic) bond motifs is 1. The van der Waals surface area contributed by atoms with Crippen molar-refractivity contribution in [1.29, 1.82) is 0 Å². The summed E-state index contributed by atoms with van der Waals surface area (Å²) in [5.74, 6) is -1.05. The van der Waals surface area contributed by atoms with Gasteiger partial charge in [0.2, 0.25) is 0 Å². The molecule has 2 aromatic carbocycles. The SMILES string of the molecule is NC1Cc2c(C(=O)O)cccc2N(c2ccc(C(F)(F)F)cc2)C1. The number of rotatable bonds is 2. The first-order chi connectivity index (χ1) is 11.3. The van der Waals surface area contributed by atoms with E-state index in [1.54, 1.807) is 17.0 Å². The van der Waals surface area contributed by atoms with Gasteiger partial charge in [-0.2, -0.15) is 13.2 Å². The lowest BCUT2D eigenvalue weighted by Gasteiger charge is -2.35. The standard InChI is InChI=1S/C17H15F3N2O2/c18-17(19,20)10-4-6-12(7-5-10)22-9-11(21)8-14-13(16(23)24)2-1-3-15(14)22/h1-7,11H,8-9,21H2,(H,23,24). The Bertz CT molecular complexity index is 772. The van der Waals surface area contributed by atoms with Crippen molar-refractivity contribution in [3.05, 3.63) is 59.2 Å². The molecule has 0 spiro atoms. The number of carboxylic acid groups (broad SMARTS) is 1. The maximum Gasteiger partial charge on any atom is 0.416 e. The third-order valence-corrected chi connectivity index (χ3v) is 4.06. The van der Waals surface area contributed by atoms with E-state index in [0.717, 1.165) is 12.1 Å². The van der Waals surface area contributed by atoms with Crippen molar-refractivity contribution in [3.8, 4) is 0 Å². The summed E-state index contributed by atoms with van der Waals surface area (Å²) in [5, 5.41) is 9.33. The zero-order valence-corrected chi connectivity index (χ0v) is 12.5. The van der Waals surface area contributed by atoms with E-state index in [2.05, 4.69) is 0 Å². The minimum Gasteiger partial charge on any atom is -0.478 e. The minimum absolute atomic E-state index is 0.166. The Kier molecular flexibility index (Phi) is 3.96. The van der Waals surface area contributed by atoms with Crippen molar-refractivity contribution in [2.75, 3.05) is 11.4 Å². The van der Waals surface area contributed by atoms with Gasteiger partial charge in [-0.3, -0.25) is 0 Å².